The van der Waals surface area contributed by atoms with E-state index in [0.29, 0.717) is 0 Å². The first-order valence-electron chi connectivity index (χ1n) is 5.60. The van der Waals surface area contributed by atoms with Gasteiger partial charge in [-0.15, -0.1) is 0 Å². The molecule has 2 heterocycles. The molecule has 0 saturated carbocycles. The third-order valence-electron chi connectivity index (χ3n) is 2.62. The lowest BCUT2D eigenvalue weighted by Crippen LogP contribution is -2.30. The van der Waals surface area contributed by atoms with Crippen molar-refractivity contribution < 1.29 is 8.42 Å². The second-order valence-corrected chi connectivity index (χ2v) is 5.68. The van der Waals surface area contributed by atoms with Crippen molar-refractivity contribution in [2.24, 2.45) is 0 Å². The molecule has 0 aliphatic rings. The molecule has 19 heavy (non-hydrogen) atoms. The predicted octanol–water partition coefficient (Wildman–Crippen LogP) is 0.809. The summed E-state index contributed by atoms with van der Waals surface area (Å²) in [6, 6.07) is 4.14. The van der Waals surface area contributed by atoms with Crippen LogP contribution in [0.4, 0.5) is 0 Å². The maximum absolute atomic E-state index is 12.1. The van der Waals surface area contributed by atoms with Crippen molar-refractivity contribution in [1.82, 2.24) is 14.7 Å². The Morgan fingerprint density at radius 3 is 2.58 bits per heavy atom. The Labute approximate surface area is 110 Å². The molecule has 2 rings (SSSR count). The van der Waals surface area contributed by atoms with Crippen molar-refractivity contribution in [2.75, 3.05) is 0 Å². The van der Waals surface area contributed by atoms with Crippen LogP contribution in [0.15, 0.2) is 52.7 Å². The molecule has 2 N–H and O–H groups in total. The molecule has 1 atom stereocenters. The summed E-state index contributed by atoms with van der Waals surface area (Å²) in [5, 5.41) is 0. The Morgan fingerprint density at radius 2 is 1.95 bits per heavy atom. The molecule has 1 unspecified atom stereocenters. The number of rotatable bonds is 4. The predicted molar refractivity (Wildman–Crippen MR) is 70.0 cm³/mol. The van der Waals surface area contributed by atoms with E-state index in [-0.39, 0.29) is 4.90 Å². The Balaban J connectivity index is 2.28. The van der Waals surface area contributed by atoms with Gasteiger partial charge in [0.05, 0.1) is 0 Å². The molecule has 0 radical (unpaired) electrons. The van der Waals surface area contributed by atoms with Crippen LogP contribution in [0.25, 0.3) is 0 Å². The topological polar surface area (TPSA) is 91.9 Å². The number of pyridine rings is 2. The highest BCUT2D eigenvalue weighted by Crippen LogP contribution is 2.13. The molecule has 6 nitrogen and oxygen atoms in total. The fourth-order valence-electron chi connectivity index (χ4n) is 1.63. The largest absolute Gasteiger partial charge is 0.366 e. The Morgan fingerprint density at radius 1 is 1.26 bits per heavy atom. The zero-order chi connectivity index (χ0) is 13.9. The number of aromatic amines is 1. The van der Waals surface area contributed by atoms with Crippen molar-refractivity contribution in [1.29, 1.82) is 0 Å². The normalized spacial score (nSPS) is 13.1. The number of hydrogen-bond donors (Lipinski definition) is 2. The Hall–Kier alpha value is -1.99. The van der Waals surface area contributed by atoms with E-state index < -0.39 is 21.5 Å². The minimum atomic E-state index is -3.85. The van der Waals surface area contributed by atoms with E-state index in [0.717, 1.165) is 5.56 Å². The van der Waals surface area contributed by atoms with E-state index in [1.54, 1.807) is 31.5 Å². The average molecular weight is 279 g/mol. The first kappa shape index (κ1) is 13.4. The molecule has 0 aromatic carbocycles. The van der Waals surface area contributed by atoms with Crippen LogP contribution in [0, 0.1) is 0 Å². The van der Waals surface area contributed by atoms with Gasteiger partial charge in [-0.25, -0.2) is 13.1 Å². The molecule has 7 heteroatoms. The Bertz CT molecular complexity index is 710. The first-order chi connectivity index (χ1) is 9.00. The summed E-state index contributed by atoms with van der Waals surface area (Å²) in [5.74, 6) is 0. The van der Waals surface area contributed by atoms with E-state index in [1.807, 2.05) is 0 Å². The maximum atomic E-state index is 12.1. The van der Waals surface area contributed by atoms with E-state index in [2.05, 4.69) is 14.7 Å². The highest BCUT2D eigenvalue weighted by Gasteiger charge is 2.20. The van der Waals surface area contributed by atoms with Gasteiger partial charge in [0.2, 0.25) is 15.5 Å². The minimum Gasteiger partial charge on any atom is -0.366 e. The molecule has 0 saturated heterocycles. The summed E-state index contributed by atoms with van der Waals surface area (Å²) in [6.07, 6.45) is 5.71. The molecular weight excluding hydrogens is 266 g/mol. The number of nitrogens with zero attached hydrogens (tertiary/aromatic N) is 1. The van der Waals surface area contributed by atoms with Crippen LogP contribution in [0.5, 0.6) is 0 Å². The second kappa shape index (κ2) is 5.33. The van der Waals surface area contributed by atoms with Crippen molar-refractivity contribution in [3.8, 4) is 0 Å². The van der Waals surface area contributed by atoms with Crippen molar-refractivity contribution in [3.05, 3.63) is 58.8 Å². The number of sulfonamides is 1. The van der Waals surface area contributed by atoms with E-state index >= 15 is 0 Å². The number of hydrogen-bond acceptors (Lipinski definition) is 4. The van der Waals surface area contributed by atoms with Crippen LogP contribution in [-0.2, 0) is 10.0 Å². The van der Waals surface area contributed by atoms with Crippen LogP contribution in [0.3, 0.4) is 0 Å². The minimum absolute atomic E-state index is 0.295. The standard InChI is InChI=1S/C12H13N3O3S/c1-9(10-2-5-13-6-3-10)15-19(17,18)12-8-14-7-4-11(12)16/h2-9,15H,1H3,(H,14,16). The van der Waals surface area contributed by atoms with Crippen molar-refractivity contribution >= 4 is 10.0 Å². The highest BCUT2D eigenvalue weighted by atomic mass is 32.2. The first-order valence-corrected chi connectivity index (χ1v) is 7.08. The summed E-state index contributed by atoms with van der Waals surface area (Å²) >= 11 is 0. The molecule has 0 bridgehead atoms. The van der Waals surface area contributed by atoms with Crippen LogP contribution in [-0.4, -0.2) is 18.4 Å². The zero-order valence-electron chi connectivity index (χ0n) is 10.2. The molecule has 0 aliphatic heterocycles. The van der Waals surface area contributed by atoms with Crippen LogP contribution >= 0.6 is 0 Å². The monoisotopic (exact) mass is 279 g/mol. The lowest BCUT2D eigenvalue weighted by Gasteiger charge is -2.13. The fourth-order valence-corrected chi connectivity index (χ4v) is 2.91. The molecule has 2 aromatic rings. The van der Waals surface area contributed by atoms with Crippen LogP contribution in [0.2, 0.25) is 0 Å². The van der Waals surface area contributed by atoms with Gasteiger partial charge in [0.25, 0.3) is 0 Å². The summed E-state index contributed by atoms with van der Waals surface area (Å²) in [5.41, 5.74) is 0.221. The summed E-state index contributed by atoms with van der Waals surface area (Å²) in [6.45, 7) is 1.70. The van der Waals surface area contributed by atoms with Crippen LogP contribution < -0.4 is 10.2 Å². The van der Waals surface area contributed by atoms with Gasteiger partial charge in [0.1, 0.15) is 4.90 Å². The SMILES string of the molecule is CC(NS(=O)(=O)c1c[nH]ccc1=O)c1ccncc1. The summed E-state index contributed by atoms with van der Waals surface area (Å²) < 4.78 is 26.6. The van der Waals surface area contributed by atoms with Gasteiger partial charge in [-0.1, -0.05) is 0 Å². The lowest BCUT2D eigenvalue weighted by atomic mass is 10.1. The molecule has 0 spiro atoms. The highest BCUT2D eigenvalue weighted by molar-refractivity contribution is 7.89. The maximum Gasteiger partial charge on any atom is 0.246 e. The third kappa shape index (κ3) is 3.07. The van der Waals surface area contributed by atoms with Gasteiger partial charge in [-0.2, -0.15) is 0 Å². The van der Waals surface area contributed by atoms with Gasteiger partial charge in [-0.05, 0) is 24.6 Å². The van der Waals surface area contributed by atoms with Gasteiger partial charge in [-0.3, -0.25) is 9.78 Å². The molecule has 2 aromatic heterocycles. The lowest BCUT2D eigenvalue weighted by molar-refractivity contribution is 0.565. The van der Waals surface area contributed by atoms with Gasteiger partial charge >= 0.3 is 0 Å². The number of aromatic nitrogens is 2. The molecular formula is C12H13N3O3S. The van der Waals surface area contributed by atoms with Gasteiger partial charge in [0, 0.05) is 36.9 Å². The average Bonchev–Trinajstić information content (AvgIpc) is 2.39. The number of H-pyrrole nitrogens is 1. The van der Waals surface area contributed by atoms with E-state index in [9.17, 15) is 13.2 Å². The van der Waals surface area contributed by atoms with Crippen molar-refractivity contribution in [2.45, 2.75) is 17.9 Å². The Kier molecular flexibility index (Phi) is 3.77. The summed E-state index contributed by atoms with van der Waals surface area (Å²) in [4.78, 5) is 17.7. The fraction of sp³-hybridized carbons (Fsp3) is 0.167. The smallest absolute Gasteiger partial charge is 0.246 e. The van der Waals surface area contributed by atoms with E-state index in [4.69, 9.17) is 0 Å². The second-order valence-electron chi connectivity index (χ2n) is 4.00. The summed E-state index contributed by atoms with van der Waals surface area (Å²) in [7, 11) is -3.85. The molecule has 100 valence electrons. The zero-order valence-corrected chi connectivity index (χ0v) is 11.0. The third-order valence-corrected chi connectivity index (χ3v) is 4.18. The van der Waals surface area contributed by atoms with Gasteiger partial charge in [0.15, 0.2) is 0 Å². The quantitative estimate of drug-likeness (QED) is 0.866. The molecule has 0 fully saturated rings. The van der Waals surface area contributed by atoms with Gasteiger partial charge < -0.3 is 4.98 Å². The van der Waals surface area contributed by atoms with E-state index in [1.165, 1.54) is 18.5 Å². The number of nitrogens with one attached hydrogen (secondary N) is 2. The molecule has 0 aliphatic carbocycles. The molecule has 0 amide bonds. The van der Waals surface area contributed by atoms with Crippen LogP contribution in [0.1, 0.15) is 18.5 Å². The van der Waals surface area contributed by atoms with Crippen molar-refractivity contribution in [3.63, 3.8) is 0 Å².